The van der Waals surface area contributed by atoms with Crippen molar-refractivity contribution in [3.05, 3.63) is 60.2 Å². The van der Waals surface area contributed by atoms with Gasteiger partial charge in [-0.05, 0) is 74.4 Å². The predicted molar refractivity (Wildman–Crippen MR) is 165 cm³/mol. The molecule has 1 aliphatic heterocycles. The minimum Gasteiger partial charge on any atom is -0.338 e. The highest BCUT2D eigenvalue weighted by Gasteiger charge is 2.31. The molecule has 7 nitrogen and oxygen atoms in total. The Morgan fingerprint density at radius 1 is 0.816 bits per heavy atom. The summed E-state index contributed by atoms with van der Waals surface area (Å²) in [6, 6.07) is 18.2. The average molecular weight is 580 g/mol. The van der Waals surface area contributed by atoms with Crippen LogP contribution in [0.1, 0.15) is 48.9 Å². The zero-order valence-corrected chi connectivity index (χ0v) is 23.7. The van der Waals surface area contributed by atoms with Crippen molar-refractivity contribution < 1.29 is 4.79 Å². The van der Waals surface area contributed by atoms with E-state index < -0.39 is 0 Å². The Bertz CT molecular complexity index is 1330. The van der Waals surface area contributed by atoms with Crippen molar-refractivity contribution in [1.82, 2.24) is 9.97 Å². The van der Waals surface area contributed by atoms with E-state index in [9.17, 15) is 4.79 Å². The number of carbonyl (C=O) groups excluding carboxylic acids is 1. The summed E-state index contributed by atoms with van der Waals surface area (Å²) in [5.74, 6) is 0.851. The molecular weight excluding hydrogens is 543 g/mol. The Kier molecular flexibility index (Phi) is 11.8. The Hall–Kier alpha value is -2.39. The fraction of sp³-hybridized carbons (Fsp3) is 0.357. The lowest BCUT2D eigenvalue weighted by molar-refractivity contribution is 0.0992. The van der Waals surface area contributed by atoms with Crippen molar-refractivity contribution in [3.63, 3.8) is 0 Å². The van der Waals surface area contributed by atoms with Gasteiger partial charge in [0, 0.05) is 35.1 Å². The monoisotopic (exact) mass is 578 g/mol. The Labute approximate surface area is 242 Å². The smallest absolute Gasteiger partial charge is 0.258 e. The quantitative estimate of drug-likeness (QED) is 0.173. The van der Waals surface area contributed by atoms with Crippen LogP contribution >= 0.6 is 37.2 Å². The molecule has 38 heavy (non-hydrogen) atoms. The molecule has 1 amide bonds. The van der Waals surface area contributed by atoms with Gasteiger partial charge in [-0.1, -0.05) is 30.7 Å². The van der Waals surface area contributed by atoms with Crippen molar-refractivity contribution in [2.75, 3.05) is 18.0 Å². The predicted octanol–water partition coefficient (Wildman–Crippen LogP) is 5.56. The summed E-state index contributed by atoms with van der Waals surface area (Å²) >= 11 is 0. The van der Waals surface area contributed by atoms with Crippen molar-refractivity contribution >= 4 is 70.6 Å². The highest BCUT2D eigenvalue weighted by Crippen LogP contribution is 2.41. The normalized spacial score (nSPS) is 13.7. The number of aromatic nitrogens is 2. The molecule has 0 saturated heterocycles. The van der Waals surface area contributed by atoms with Gasteiger partial charge in [0.15, 0.2) is 0 Å². The van der Waals surface area contributed by atoms with Gasteiger partial charge in [-0.3, -0.25) is 4.79 Å². The maximum absolute atomic E-state index is 13.3. The van der Waals surface area contributed by atoms with Crippen LogP contribution in [0, 0.1) is 0 Å². The zero-order chi connectivity index (χ0) is 24.4. The van der Waals surface area contributed by atoms with Crippen LogP contribution < -0.4 is 22.1 Å². The number of nitrogens with zero attached hydrogens (tertiary/aromatic N) is 2. The van der Waals surface area contributed by atoms with Gasteiger partial charge in [0.2, 0.25) is 0 Å². The first-order chi connectivity index (χ1) is 17.1. The molecule has 4 aromatic rings. The molecule has 7 N–H and O–H groups in total. The molecule has 0 bridgehead atoms. The van der Waals surface area contributed by atoms with Crippen LogP contribution in [0.25, 0.3) is 33.2 Å². The number of anilines is 1. The van der Waals surface area contributed by atoms with E-state index in [4.69, 9.17) is 22.2 Å². The molecule has 1 aliphatic rings. The molecule has 1 aromatic heterocycles. The summed E-state index contributed by atoms with van der Waals surface area (Å²) in [5, 5.41) is 2.02. The first-order valence-electron chi connectivity index (χ1n) is 12.6. The number of benzene rings is 3. The second kappa shape index (κ2) is 14.1. The van der Waals surface area contributed by atoms with E-state index in [1.54, 1.807) is 0 Å². The van der Waals surface area contributed by atoms with E-state index in [0.29, 0.717) is 13.1 Å². The summed E-state index contributed by atoms with van der Waals surface area (Å²) in [7, 11) is 0. The molecule has 0 spiro atoms. The van der Waals surface area contributed by atoms with Gasteiger partial charge >= 0.3 is 0 Å². The summed E-state index contributed by atoms with van der Waals surface area (Å²) < 4.78 is 0. The first kappa shape index (κ1) is 31.8. The van der Waals surface area contributed by atoms with Gasteiger partial charge < -0.3 is 27.1 Å². The Balaban J connectivity index is 0.00000169. The van der Waals surface area contributed by atoms with Gasteiger partial charge in [0.25, 0.3) is 5.91 Å². The molecule has 2 heterocycles. The molecule has 10 heteroatoms. The Morgan fingerprint density at radius 3 is 2.29 bits per heavy atom. The number of imidazole rings is 1. The molecule has 5 rings (SSSR count). The van der Waals surface area contributed by atoms with E-state index in [0.717, 1.165) is 83.0 Å². The molecule has 0 aliphatic carbocycles. The first-order valence-corrected chi connectivity index (χ1v) is 12.6. The van der Waals surface area contributed by atoms with Crippen LogP contribution in [-0.2, 0) is 0 Å². The molecule has 0 radical (unpaired) electrons. The van der Waals surface area contributed by atoms with Gasteiger partial charge in [0.05, 0.1) is 16.7 Å². The average Bonchev–Trinajstić information content (AvgIpc) is 3.42. The highest BCUT2D eigenvalue weighted by molar-refractivity contribution is 6.26. The molecule has 206 valence electrons. The van der Waals surface area contributed by atoms with E-state index in [-0.39, 0.29) is 55.2 Å². The molecule has 0 saturated carbocycles. The molecular formula is C28H37Cl3N6O. The minimum absolute atomic E-state index is 0. The number of fused-ring (bicyclic) bond motifs is 1. The highest BCUT2D eigenvalue weighted by atomic mass is 35.5. The fourth-order valence-electron chi connectivity index (χ4n) is 5.12. The van der Waals surface area contributed by atoms with Crippen LogP contribution in [0.4, 0.5) is 5.69 Å². The lowest BCUT2D eigenvalue weighted by atomic mass is 10.00. The van der Waals surface area contributed by atoms with E-state index >= 15 is 0 Å². The molecule has 3 aromatic carbocycles. The number of H-pyrrole nitrogens is 1. The van der Waals surface area contributed by atoms with Crippen LogP contribution in [-0.4, -0.2) is 41.0 Å². The number of nitrogens with two attached hydrogens (primary N) is 3. The van der Waals surface area contributed by atoms with Crippen LogP contribution in [0.15, 0.2) is 54.6 Å². The van der Waals surface area contributed by atoms with Crippen LogP contribution in [0.5, 0.6) is 0 Å². The van der Waals surface area contributed by atoms with Crippen molar-refractivity contribution in [1.29, 1.82) is 0 Å². The third-order valence-corrected chi connectivity index (χ3v) is 7.09. The van der Waals surface area contributed by atoms with Crippen LogP contribution in [0.2, 0.25) is 0 Å². The summed E-state index contributed by atoms with van der Waals surface area (Å²) in [4.78, 5) is 23.4. The number of hydrogen-bond donors (Lipinski definition) is 4. The van der Waals surface area contributed by atoms with Crippen molar-refractivity contribution in [2.24, 2.45) is 17.2 Å². The van der Waals surface area contributed by atoms with Gasteiger partial charge in [-0.2, -0.15) is 0 Å². The van der Waals surface area contributed by atoms with Gasteiger partial charge in [-0.15, -0.1) is 37.2 Å². The summed E-state index contributed by atoms with van der Waals surface area (Å²) in [6.45, 7) is 1.31. The minimum atomic E-state index is 0. The number of amides is 1. The number of aromatic amines is 1. The van der Waals surface area contributed by atoms with E-state index in [2.05, 4.69) is 17.1 Å². The van der Waals surface area contributed by atoms with E-state index in [1.165, 1.54) is 0 Å². The zero-order valence-electron chi connectivity index (χ0n) is 21.3. The number of nitrogens with one attached hydrogen (secondary N) is 1. The third-order valence-electron chi connectivity index (χ3n) is 7.09. The van der Waals surface area contributed by atoms with Gasteiger partial charge in [-0.25, -0.2) is 4.98 Å². The van der Waals surface area contributed by atoms with Crippen LogP contribution in [0.3, 0.4) is 0 Å². The van der Waals surface area contributed by atoms with Crippen molar-refractivity contribution in [3.8, 4) is 11.4 Å². The number of halogens is 3. The number of carbonyl (C=O) groups is 1. The molecule has 2 atom stereocenters. The number of hydrogen-bond acceptors (Lipinski definition) is 5. The number of rotatable bonds is 11. The largest absolute Gasteiger partial charge is 0.338 e. The summed E-state index contributed by atoms with van der Waals surface area (Å²) in [6.07, 6.45) is 5.56. The number of unbranched alkanes of at least 4 members (excludes halogenated alkanes) is 1. The third kappa shape index (κ3) is 6.42. The maximum Gasteiger partial charge on any atom is 0.258 e. The SMILES string of the molecule is Cl.Cl.Cl.NCCCCC(N)CCC(N)CCN1C(=O)c2cccc3c(-c4nc5ccccc5[nH]4)ccc1c23. The second-order valence-corrected chi connectivity index (χ2v) is 9.59. The summed E-state index contributed by atoms with van der Waals surface area (Å²) in [5.41, 5.74) is 22.8. The maximum atomic E-state index is 13.3. The van der Waals surface area contributed by atoms with E-state index in [1.807, 2.05) is 47.4 Å². The molecule has 2 unspecified atom stereocenters. The Morgan fingerprint density at radius 2 is 1.55 bits per heavy atom. The lowest BCUT2D eigenvalue weighted by Crippen LogP contribution is -2.33. The number of para-hydroxylation sites is 2. The topological polar surface area (TPSA) is 127 Å². The molecule has 0 fully saturated rings. The fourth-order valence-corrected chi connectivity index (χ4v) is 5.12. The van der Waals surface area contributed by atoms with Gasteiger partial charge in [0.1, 0.15) is 5.82 Å². The lowest BCUT2D eigenvalue weighted by Gasteiger charge is -2.21. The second-order valence-electron chi connectivity index (χ2n) is 9.59. The standard InChI is InChI=1S/C28H34N6O.3ClH/c29-16-4-3-6-18(30)11-12-19(31)15-17-34-25-14-13-21(20-7-5-8-22(26(20)25)28(34)35)27-32-23-9-1-2-10-24(23)33-27;;;/h1-2,5,7-10,13-14,18-19H,3-4,6,11-12,15-17,29-31H2,(H,32,33);3*1H. The van der Waals surface area contributed by atoms with Crippen molar-refractivity contribution in [2.45, 2.75) is 50.6 Å².